The minimum absolute atomic E-state index is 0.0338. The second-order valence-corrected chi connectivity index (χ2v) is 5.48. The molecule has 0 amide bonds. The highest BCUT2D eigenvalue weighted by Gasteiger charge is 2.16. The molecule has 1 atom stereocenters. The Labute approximate surface area is 108 Å². The van der Waals surface area contributed by atoms with Crippen LogP contribution in [0.4, 0.5) is 0 Å². The quantitative estimate of drug-likeness (QED) is 0.804. The fraction of sp³-hybridized carbons (Fsp3) is 0.571. The van der Waals surface area contributed by atoms with Gasteiger partial charge in [-0.05, 0) is 39.7 Å². The molecule has 18 heavy (non-hydrogen) atoms. The molecule has 4 nitrogen and oxygen atoms in total. The maximum Gasteiger partial charge on any atom is 0.233 e. The molecule has 1 aromatic heterocycles. The maximum absolute atomic E-state index is 5.74. The van der Waals surface area contributed by atoms with E-state index < -0.39 is 0 Å². The van der Waals surface area contributed by atoms with Crippen molar-refractivity contribution < 1.29 is 4.74 Å². The van der Waals surface area contributed by atoms with Gasteiger partial charge in [0.25, 0.3) is 0 Å². The van der Waals surface area contributed by atoms with Crippen LogP contribution in [-0.4, -0.2) is 29.2 Å². The van der Waals surface area contributed by atoms with Gasteiger partial charge in [0.1, 0.15) is 11.8 Å². The van der Waals surface area contributed by atoms with E-state index in [1.54, 1.807) is 12.4 Å². The van der Waals surface area contributed by atoms with Gasteiger partial charge in [-0.15, -0.1) is 0 Å². The molecule has 1 aliphatic rings. The summed E-state index contributed by atoms with van der Waals surface area (Å²) in [4.78, 5) is 8.47. The Morgan fingerprint density at radius 2 is 2.22 bits per heavy atom. The van der Waals surface area contributed by atoms with Gasteiger partial charge >= 0.3 is 0 Å². The van der Waals surface area contributed by atoms with Crippen LogP contribution in [0.2, 0.25) is 0 Å². The smallest absolute Gasteiger partial charge is 0.233 e. The molecule has 0 aromatic carbocycles. The van der Waals surface area contributed by atoms with Crippen LogP contribution in [0.1, 0.15) is 32.9 Å². The summed E-state index contributed by atoms with van der Waals surface area (Å²) in [5.41, 5.74) is 0.627. The standard InChI is InChI=1S/C14H19N3O/c1-14(2,3)6-4-11-8-16-10-13(17-11)18-12-5-7-15-9-12/h8,10,12,15H,5,7,9H2,1-3H3. The minimum atomic E-state index is -0.0338. The van der Waals surface area contributed by atoms with Crippen molar-refractivity contribution in [3.63, 3.8) is 0 Å². The van der Waals surface area contributed by atoms with Crippen molar-refractivity contribution >= 4 is 0 Å². The molecule has 1 aromatic rings. The third-order valence-electron chi connectivity index (χ3n) is 2.48. The van der Waals surface area contributed by atoms with Crippen LogP contribution in [0.25, 0.3) is 0 Å². The Kier molecular flexibility index (Phi) is 3.83. The summed E-state index contributed by atoms with van der Waals surface area (Å²) in [6.07, 6.45) is 4.52. The Bertz CT molecular complexity index is 462. The van der Waals surface area contributed by atoms with Crippen LogP contribution >= 0.6 is 0 Å². The molecule has 0 aliphatic carbocycles. The normalized spacial score (nSPS) is 19.2. The molecule has 2 heterocycles. The summed E-state index contributed by atoms with van der Waals surface area (Å²) in [7, 11) is 0. The molecule has 1 fully saturated rings. The lowest BCUT2D eigenvalue weighted by Crippen LogP contribution is -2.20. The summed E-state index contributed by atoms with van der Waals surface area (Å²) >= 11 is 0. The number of nitrogens with zero attached hydrogens (tertiary/aromatic N) is 2. The third kappa shape index (κ3) is 4.01. The van der Waals surface area contributed by atoms with Crippen molar-refractivity contribution in [3.05, 3.63) is 18.1 Å². The van der Waals surface area contributed by atoms with Gasteiger partial charge in [0.15, 0.2) is 0 Å². The molecule has 1 N–H and O–H groups in total. The second kappa shape index (κ2) is 5.36. The molecular formula is C14H19N3O. The van der Waals surface area contributed by atoms with Gasteiger partial charge in [0.05, 0.1) is 12.4 Å². The molecule has 2 rings (SSSR count). The summed E-state index contributed by atoms with van der Waals surface area (Å²) < 4.78 is 5.74. The second-order valence-electron chi connectivity index (χ2n) is 5.48. The topological polar surface area (TPSA) is 47.0 Å². The number of ether oxygens (including phenoxy) is 1. The molecule has 96 valence electrons. The van der Waals surface area contributed by atoms with E-state index in [-0.39, 0.29) is 11.5 Å². The molecule has 1 saturated heterocycles. The van der Waals surface area contributed by atoms with Crippen molar-refractivity contribution in [3.8, 4) is 17.7 Å². The van der Waals surface area contributed by atoms with Crippen LogP contribution in [-0.2, 0) is 0 Å². The highest BCUT2D eigenvalue weighted by molar-refractivity contribution is 5.28. The Morgan fingerprint density at radius 3 is 2.89 bits per heavy atom. The number of hydrogen-bond donors (Lipinski definition) is 1. The highest BCUT2D eigenvalue weighted by Crippen LogP contribution is 2.13. The van der Waals surface area contributed by atoms with Gasteiger partial charge in [-0.2, -0.15) is 0 Å². The fourth-order valence-electron chi connectivity index (χ4n) is 1.62. The van der Waals surface area contributed by atoms with Crippen LogP contribution in [0.3, 0.4) is 0 Å². The van der Waals surface area contributed by atoms with Gasteiger partial charge < -0.3 is 10.1 Å². The van der Waals surface area contributed by atoms with E-state index in [2.05, 4.69) is 47.9 Å². The lowest BCUT2D eigenvalue weighted by molar-refractivity contribution is 0.213. The van der Waals surface area contributed by atoms with Gasteiger partial charge in [0, 0.05) is 12.0 Å². The SMILES string of the molecule is CC(C)(C)C#Cc1cncc(OC2CCNC2)n1. The zero-order valence-corrected chi connectivity index (χ0v) is 11.2. The minimum Gasteiger partial charge on any atom is -0.472 e. The zero-order chi connectivity index (χ0) is 13.0. The summed E-state index contributed by atoms with van der Waals surface area (Å²) in [6, 6.07) is 0. The van der Waals surface area contributed by atoms with Crippen molar-refractivity contribution in [1.29, 1.82) is 0 Å². The molecule has 0 spiro atoms. The highest BCUT2D eigenvalue weighted by atomic mass is 16.5. The van der Waals surface area contributed by atoms with E-state index in [1.807, 2.05) is 0 Å². The third-order valence-corrected chi connectivity index (χ3v) is 2.48. The Hall–Kier alpha value is -1.60. The van der Waals surface area contributed by atoms with E-state index in [9.17, 15) is 0 Å². The Morgan fingerprint density at radius 1 is 1.39 bits per heavy atom. The predicted molar refractivity (Wildman–Crippen MR) is 70.3 cm³/mol. The van der Waals surface area contributed by atoms with E-state index in [4.69, 9.17) is 4.74 Å². The first-order valence-corrected chi connectivity index (χ1v) is 6.25. The summed E-state index contributed by atoms with van der Waals surface area (Å²) in [6.45, 7) is 8.08. The van der Waals surface area contributed by atoms with Crippen LogP contribution in [0.15, 0.2) is 12.4 Å². The van der Waals surface area contributed by atoms with Gasteiger partial charge in [-0.1, -0.05) is 5.92 Å². The number of rotatable bonds is 2. The number of aromatic nitrogens is 2. The molecule has 1 aliphatic heterocycles. The van der Waals surface area contributed by atoms with Crippen molar-refractivity contribution in [2.45, 2.75) is 33.3 Å². The van der Waals surface area contributed by atoms with Crippen LogP contribution in [0.5, 0.6) is 5.88 Å². The fourth-order valence-corrected chi connectivity index (χ4v) is 1.62. The number of hydrogen-bond acceptors (Lipinski definition) is 4. The molecule has 4 heteroatoms. The van der Waals surface area contributed by atoms with E-state index in [0.717, 1.165) is 19.5 Å². The van der Waals surface area contributed by atoms with Crippen molar-refractivity contribution in [1.82, 2.24) is 15.3 Å². The zero-order valence-electron chi connectivity index (χ0n) is 11.2. The average Bonchev–Trinajstić information content (AvgIpc) is 2.79. The largest absolute Gasteiger partial charge is 0.472 e. The molecule has 0 saturated carbocycles. The molecular weight excluding hydrogens is 226 g/mol. The molecule has 0 radical (unpaired) electrons. The van der Waals surface area contributed by atoms with Gasteiger partial charge in [-0.25, -0.2) is 4.98 Å². The van der Waals surface area contributed by atoms with E-state index in [0.29, 0.717) is 11.6 Å². The first-order valence-electron chi connectivity index (χ1n) is 6.25. The van der Waals surface area contributed by atoms with E-state index in [1.165, 1.54) is 0 Å². The molecule has 1 unspecified atom stereocenters. The van der Waals surface area contributed by atoms with Crippen molar-refractivity contribution in [2.24, 2.45) is 5.41 Å². The summed E-state index contributed by atoms with van der Waals surface area (Å²) in [5, 5.41) is 3.25. The monoisotopic (exact) mass is 245 g/mol. The summed E-state index contributed by atoms with van der Waals surface area (Å²) in [5.74, 6) is 6.73. The van der Waals surface area contributed by atoms with Crippen LogP contribution < -0.4 is 10.1 Å². The van der Waals surface area contributed by atoms with Crippen molar-refractivity contribution in [2.75, 3.05) is 13.1 Å². The van der Waals surface area contributed by atoms with E-state index >= 15 is 0 Å². The van der Waals surface area contributed by atoms with Crippen LogP contribution in [0, 0.1) is 17.3 Å². The lowest BCUT2D eigenvalue weighted by atomic mass is 9.98. The number of nitrogens with one attached hydrogen (secondary N) is 1. The maximum atomic E-state index is 5.74. The van der Waals surface area contributed by atoms with Gasteiger partial charge in [0.2, 0.25) is 5.88 Å². The Balaban J connectivity index is 2.06. The predicted octanol–water partition coefficient (Wildman–Crippen LogP) is 1.61. The molecule has 0 bridgehead atoms. The van der Waals surface area contributed by atoms with Gasteiger partial charge in [-0.3, -0.25) is 4.98 Å². The first-order chi connectivity index (χ1) is 8.53. The average molecular weight is 245 g/mol. The first kappa shape index (κ1) is 12.8. The lowest BCUT2D eigenvalue weighted by Gasteiger charge is -2.10.